The van der Waals surface area contributed by atoms with Gasteiger partial charge < -0.3 is 9.36 Å². The van der Waals surface area contributed by atoms with E-state index in [0.717, 1.165) is 28.0 Å². The molecule has 33 heavy (non-hydrogen) atoms. The van der Waals surface area contributed by atoms with Crippen LogP contribution in [0.25, 0.3) is 22.4 Å². The largest absolute Gasteiger partial charge is 0.380 e. The topological polar surface area (TPSA) is 78.3 Å². The second kappa shape index (κ2) is 7.70. The molecule has 0 saturated heterocycles. The van der Waals surface area contributed by atoms with E-state index in [-0.39, 0.29) is 0 Å². The minimum atomic E-state index is -0.792. The molecule has 0 N–H and O–H groups in total. The third kappa shape index (κ3) is 3.51. The molecule has 1 saturated carbocycles. The normalized spacial score (nSPS) is 21.0. The standard InChI is InChI=1S/C25H24ClN5O2/c1-15-20-12-9-17(13-22(20)31(28-15)19-5-3-4-6-19)21-14-25(2,33-29-21)24-27-23(32-30-24)16-7-10-18(26)11-8-16/h7-13,19H,3-6,14H2,1-2H3. The summed E-state index contributed by atoms with van der Waals surface area (Å²) in [5.41, 5.74) is 4.15. The van der Waals surface area contributed by atoms with Crippen LogP contribution in [0.15, 0.2) is 52.1 Å². The Hall–Kier alpha value is -3.19. The Kier molecular flexibility index (Phi) is 4.76. The van der Waals surface area contributed by atoms with E-state index in [9.17, 15) is 0 Å². The summed E-state index contributed by atoms with van der Waals surface area (Å²) in [4.78, 5) is 10.4. The second-order valence-corrected chi connectivity index (χ2v) is 9.60. The van der Waals surface area contributed by atoms with Gasteiger partial charge in [0.25, 0.3) is 5.89 Å². The molecular formula is C25H24ClN5O2. The molecule has 2 aromatic heterocycles. The van der Waals surface area contributed by atoms with Crippen LogP contribution in [0, 0.1) is 6.92 Å². The van der Waals surface area contributed by atoms with Gasteiger partial charge in [-0.1, -0.05) is 46.9 Å². The first-order valence-electron chi connectivity index (χ1n) is 11.3. The highest BCUT2D eigenvalue weighted by Gasteiger charge is 2.41. The predicted molar refractivity (Wildman–Crippen MR) is 126 cm³/mol. The van der Waals surface area contributed by atoms with E-state index in [1.807, 2.05) is 19.1 Å². The van der Waals surface area contributed by atoms with Gasteiger partial charge in [-0.15, -0.1) is 0 Å². The van der Waals surface area contributed by atoms with Gasteiger partial charge in [-0.25, -0.2) is 0 Å². The number of nitrogens with zero attached hydrogens (tertiary/aromatic N) is 5. The fraction of sp³-hybridized carbons (Fsp3) is 0.360. The molecule has 0 amide bonds. The van der Waals surface area contributed by atoms with Crippen molar-refractivity contribution in [2.24, 2.45) is 5.16 Å². The molecule has 0 radical (unpaired) electrons. The van der Waals surface area contributed by atoms with Crippen LogP contribution in [0.1, 0.15) is 62.2 Å². The van der Waals surface area contributed by atoms with Crippen LogP contribution in [0.2, 0.25) is 5.02 Å². The van der Waals surface area contributed by atoms with E-state index in [1.54, 1.807) is 12.1 Å². The quantitative estimate of drug-likeness (QED) is 0.361. The molecule has 1 atom stereocenters. The lowest BCUT2D eigenvalue weighted by atomic mass is 9.94. The summed E-state index contributed by atoms with van der Waals surface area (Å²) in [6.45, 7) is 4.01. The van der Waals surface area contributed by atoms with Crippen LogP contribution in [-0.2, 0) is 10.4 Å². The first-order valence-corrected chi connectivity index (χ1v) is 11.7. The van der Waals surface area contributed by atoms with Gasteiger partial charge in [0.2, 0.25) is 11.4 Å². The van der Waals surface area contributed by atoms with Gasteiger partial charge in [0.15, 0.2) is 0 Å². The fourth-order valence-electron chi connectivity index (χ4n) is 4.87. The molecule has 4 aromatic rings. The Labute approximate surface area is 196 Å². The maximum Gasteiger partial charge on any atom is 0.258 e. The minimum Gasteiger partial charge on any atom is -0.380 e. The third-order valence-electron chi connectivity index (χ3n) is 6.75. The summed E-state index contributed by atoms with van der Waals surface area (Å²) in [5, 5.41) is 15.3. The second-order valence-electron chi connectivity index (χ2n) is 9.17. The fourth-order valence-corrected chi connectivity index (χ4v) is 4.99. The van der Waals surface area contributed by atoms with Crippen LogP contribution >= 0.6 is 11.6 Å². The van der Waals surface area contributed by atoms with Gasteiger partial charge in [-0.3, -0.25) is 4.68 Å². The number of fused-ring (bicyclic) bond motifs is 1. The van der Waals surface area contributed by atoms with E-state index >= 15 is 0 Å². The van der Waals surface area contributed by atoms with Gasteiger partial charge in [0, 0.05) is 28.0 Å². The molecule has 168 valence electrons. The van der Waals surface area contributed by atoms with Gasteiger partial charge in [-0.2, -0.15) is 10.1 Å². The number of benzene rings is 2. The summed E-state index contributed by atoms with van der Waals surface area (Å²) >= 11 is 5.98. The van der Waals surface area contributed by atoms with E-state index in [4.69, 9.17) is 26.1 Å². The van der Waals surface area contributed by atoms with Crippen molar-refractivity contribution < 1.29 is 9.36 Å². The molecule has 1 aliphatic carbocycles. The first-order chi connectivity index (χ1) is 16.0. The molecule has 2 aliphatic rings. The zero-order valence-electron chi connectivity index (χ0n) is 18.6. The summed E-state index contributed by atoms with van der Waals surface area (Å²) in [6.07, 6.45) is 5.47. The van der Waals surface area contributed by atoms with Gasteiger partial charge in [-0.05, 0) is 57.0 Å². The molecule has 8 heteroatoms. The smallest absolute Gasteiger partial charge is 0.258 e. The van der Waals surface area contributed by atoms with Crippen LogP contribution < -0.4 is 0 Å². The van der Waals surface area contributed by atoms with Gasteiger partial charge >= 0.3 is 0 Å². The van der Waals surface area contributed by atoms with Crippen LogP contribution in [0.5, 0.6) is 0 Å². The molecular weight excluding hydrogens is 438 g/mol. The van der Waals surface area contributed by atoms with Crippen molar-refractivity contribution >= 4 is 28.2 Å². The van der Waals surface area contributed by atoms with Crippen molar-refractivity contribution in [3.8, 4) is 11.5 Å². The number of aromatic nitrogens is 4. The zero-order valence-corrected chi connectivity index (χ0v) is 19.3. The summed E-state index contributed by atoms with van der Waals surface area (Å²) in [7, 11) is 0. The first kappa shape index (κ1) is 20.4. The maximum absolute atomic E-state index is 5.98. The van der Waals surface area contributed by atoms with Crippen molar-refractivity contribution in [1.29, 1.82) is 0 Å². The predicted octanol–water partition coefficient (Wildman–Crippen LogP) is 6.20. The number of hydrogen-bond donors (Lipinski definition) is 0. The van der Waals surface area contributed by atoms with Crippen LogP contribution in [-0.4, -0.2) is 25.6 Å². The minimum absolute atomic E-state index is 0.428. The number of oxime groups is 1. The number of hydrogen-bond acceptors (Lipinski definition) is 6. The SMILES string of the molecule is Cc1nn(C2CCCC2)c2cc(C3=NOC(C)(c4noc(-c5ccc(Cl)cc5)n4)C3)ccc12. The summed E-state index contributed by atoms with van der Waals surface area (Å²) in [6, 6.07) is 14.2. The van der Waals surface area contributed by atoms with Crippen molar-refractivity contribution in [2.75, 3.05) is 0 Å². The Morgan fingerprint density at radius 1 is 1.06 bits per heavy atom. The van der Waals surface area contributed by atoms with E-state index in [0.29, 0.717) is 29.2 Å². The van der Waals surface area contributed by atoms with Gasteiger partial charge in [0.1, 0.15) is 0 Å². The molecule has 0 spiro atoms. The van der Waals surface area contributed by atoms with E-state index in [2.05, 4.69) is 45.1 Å². The molecule has 0 bridgehead atoms. The average molecular weight is 462 g/mol. The van der Waals surface area contributed by atoms with Crippen molar-refractivity contribution in [3.63, 3.8) is 0 Å². The average Bonchev–Trinajstić information content (AvgIpc) is 3.61. The highest BCUT2D eigenvalue weighted by atomic mass is 35.5. The molecule has 1 fully saturated rings. The molecule has 2 aromatic carbocycles. The molecule has 1 unspecified atom stereocenters. The summed E-state index contributed by atoms with van der Waals surface area (Å²) in [5.74, 6) is 0.899. The lowest BCUT2D eigenvalue weighted by Crippen LogP contribution is -2.23. The number of rotatable bonds is 4. The highest BCUT2D eigenvalue weighted by Crippen LogP contribution is 2.37. The van der Waals surface area contributed by atoms with E-state index in [1.165, 1.54) is 31.1 Å². The molecule has 6 rings (SSSR count). The molecule has 3 heterocycles. The van der Waals surface area contributed by atoms with Gasteiger partial charge in [0.05, 0.1) is 23.0 Å². The van der Waals surface area contributed by atoms with Crippen LogP contribution in [0.4, 0.5) is 0 Å². The maximum atomic E-state index is 5.98. The van der Waals surface area contributed by atoms with Crippen molar-refractivity contribution in [2.45, 2.75) is 57.6 Å². The van der Waals surface area contributed by atoms with Crippen molar-refractivity contribution in [3.05, 3.63) is 64.6 Å². The van der Waals surface area contributed by atoms with Crippen molar-refractivity contribution in [1.82, 2.24) is 19.9 Å². The lowest BCUT2D eigenvalue weighted by Gasteiger charge is -2.16. The number of aryl methyl sites for hydroxylation is 1. The zero-order chi connectivity index (χ0) is 22.6. The van der Waals surface area contributed by atoms with E-state index < -0.39 is 5.60 Å². The Balaban J connectivity index is 1.28. The Morgan fingerprint density at radius 2 is 1.82 bits per heavy atom. The molecule has 7 nitrogen and oxygen atoms in total. The lowest BCUT2D eigenvalue weighted by molar-refractivity contribution is -0.0159. The third-order valence-corrected chi connectivity index (χ3v) is 7.00. The Morgan fingerprint density at radius 3 is 2.61 bits per heavy atom. The number of halogens is 1. The summed E-state index contributed by atoms with van der Waals surface area (Å²) < 4.78 is 7.71. The van der Waals surface area contributed by atoms with Crippen LogP contribution in [0.3, 0.4) is 0 Å². The highest BCUT2D eigenvalue weighted by molar-refractivity contribution is 6.30. The monoisotopic (exact) mass is 461 g/mol. The Bertz CT molecular complexity index is 1370. The molecule has 1 aliphatic heterocycles.